The maximum Gasteiger partial charge on any atom is 0.291 e. The molecule has 1 aromatic heterocycles. The molecule has 2 aromatic carbocycles. The lowest BCUT2D eigenvalue weighted by molar-refractivity contribution is 0.0996. The molecule has 0 bridgehead atoms. The molecular formula is C24H26N4O3. The van der Waals surface area contributed by atoms with Gasteiger partial charge in [-0.3, -0.25) is 9.79 Å². The molecule has 0 radical (unpaired) electrons. The standard InChI is InChI=1S/C24H26N4O3/c1-3-13-30-21-11-5-4-9-19(21)17-27-24(25-2)26-16-18-8-6-10-20(15-18)28-23(29)22-12-7-14-31-22/h3-12,14-15H,1,13,16-17H2,2H3,(H,28,29)(H2,25,26,27). The van der Waals surface area contributed by atoms with Crippen molar-refractivity contribution in [3.8, 4) is 5.75 Å². The third-order valence-electron chi connectivity index (χ3n) is 4.39. The van der Waals surface area contributed by atoms with Gasteiger partial charge in [0.1, 0.15) is 12.4 Å². The highest BCUT2D eigenvalue weighted by atomic mass is 16.5. The fourth-order valence-corrected chi connectivity index (χ4v) is 2.88. The third-order valence-corrected chi connectivity index (χ3v) is 4.39. The van der Waals surface area contributed by atoms with E-state index in [0.29, 0.717) is 31.3 Å². The van der Waals surface area contributed by atoms with Crippen molar-refractivity contribution < 1.29 is 13.9 Å². The molecule has 7 nitrogen and oxygen atoms in total. The molecule has 0 aliphatic heterocycles. The SMILES string of the molecule is C=CCOc1ccccc1CNC(=NC)NCc1cccc(NC(=O)c2ccco2)c1. The van der Waals surface area contributed by atoms with Gasteiger partial charge in [-0.15, -0.1) is 0 Å². The van der Waals surface area contributed by atoms with Crippen molar-refractivity contribution in [1.29, 1.82) is 0 Å². The van der Waals surface area contributed by atoms with Gasteiger partial charge in [-0.1, -0.05) is 43.0 Å². The van der Waals surface area contributed by atoms with Crippen LogP contribution in [0.4, 0.5) is 5.69 Å². The van der Waals surface area contributed by atoms with Crippen molar-refractivity contribution in [1.82, 2.24) is 10.6 Å². The Balaban J connectivity index is 1.54. The molecule has 31 heavy (non-hydrogen) atoms. The van der Waals surface area contributed by atoms with E-state index in [9.17, 15) is 4.79 Å². The van der Waals surface area contributed by atoms with Gasteiger partial charge in [0.15, 0.2) is 11.7 Å². The number of ether oxygens (including phenoxy) is 1. The molecule has 0 spiro atoms. The second kappa shape index (κ2) is 11.3. The molecule has 0 unspecified atom stereocenters. The minimum Gasteiger partial charge on any atom is -0.489 e. The number of benzene rings is 2. The number of rotatable bonds is 9. The summed E-state index contributed by atoms with van der Waals surface area (Å²) < 4.78 is 10.8. The number of hydrogen-bond donors (Lipinski definition) is 3. The third kappa shape index (κ3) is 6.50. The summed E-state index contributed by atoms with van der Waals surface area (Å²) in [6, 6.07) is 18.7. The van der Waals surface area contributed by atoms with Crippen molar-refractivity contribution >= 4 is 17.6 Å². The van der Waals surface area contributed by atoms with E-state index in [-0.39, 0.29) is 11.7 Å². The quantitative estimate of drug-likeness (QED) is 0.278. The second-order valence-corrected chi connectivity index (χ2v) is 6.62. The lowest BCUT2D eigenvalue weighted by Crippen LogP contribution is -2.36. The highest BCUT2D eigenvalue weighted by molar-refractivity contribution is 6.02. The molecule has 3 aromatic rings. The zero-order valence-electron chi connectivity index (χ0n) is 17.4. The highest BCUT2D eigenvalue weighted by Crippen LogP contribution is 2.17. The van der Waals surface area contributed by atoms with Crippen LogP contribution >= 0.6 is 0 Å². The monoisotopic (exact) mass is 418 g/mol. The van der Waals surface area contributed by atoms with Crippen LogP contribution in [0.5, 0.6) is 5.75 Å². The fourth-order valence-electron chi connectivity index (χ4n) is 2.88. The number of nitrogens with zero attached hydrogens (tertiary/aromatic N) is 1. The van der Waals surface area contributed by atoms with Gasteiger partial charge in [0.25, 0.3) is 5.91 Å². The Morgan fingerprint density at radius 1 is 1.10 bits per heavy atom. The average molecular weight is 418 g/mol. The molecule has 0 saturated heterocycles. The van der Waals surface area contributed by atoms with Gasteiger partial charge in [-0.05, 0) is 35.9 Å². The minimum absolute atomic E-state index is 0.269. The van der Waals surface area contributed by atoms with Gasteiger partial charge in [0.05, 0.1) is 6.26 Å². The van der Waals surface area contributed by atoms with Crippen LogP contribution in [-0.4, -0.2) is 25.5 Å². The topological polar surface area (TPSA) is 87.9 Å². The first-order valence-electron chi connectivity index (χ1n) is 9.89. The second-order valence-electron chi connectivity index (χ2n) is 6.62. The smallest absolute Gasteiger partial charge is 0.291 e. The Hall–Kier alpha value is -4.00. The first-order chi connectivity index (χ1) is 15.2. The van der Waals surface area contributed by atoms with Crippen LogP contribution in [0.2, 0.25) is 0 Å². The number of guanidine groups is 1. The van der Waals surface area contributed by atoms with Crippen LogP contribution < -0.4 is 20.7 Å². The number of furan rings is 1. The number of anilines is 1. The van der Waals surface area contributed by atoms with Crippen molar-refractivity contribution in [2.75, 3.05) is 19.0 Å². The molecule has 160 valence electrons. The Morgan fingerprint density at radius 2 is 1.94 bits per heavy atom. The number of para-hydroxylation sites is 1. The number of carbonyl (C=O) groups excluding carboxylic acids is 1. The normalized spacial score (nSPS) is 10.9. The van der Waals surface area contributed by atoms with Crippen molar-refractivity contribution in [2.24, 2.45) is 4.99 Å². The van der Waals surface area contributed by atoms with Crippen LogP contribution in [0.15, 0.2) is 89.0 Å². The van der Waals surface area contributed by atoms with Gasteiger partial charge < -0.3 is 25.1 Å². The maximum absolute atomic E-state index is 12.1. The molecule has 0 saturated carbocycles. The zero-order chi connectivity index (χ0) is 21.9. The number of hydrogen-bond acceptors (Lipinski definition) is 4. The molecule has 0 aliphatic rings. The summed E-state index contributed by atoms with van der Waals surface area (Å²) in [6.45, 7) is 5.24. The molecule has 1 heterocycles. The van der Waals surface area contributed by atoms with Crippen molar-refractivity contribution in [3.63, 3.8) is 0 Å². The Kier molecular flexibility index (Phi) is 7.88. The lowest BCUT2D eigenvalue weighted by Gasteiger charge is -2.15. The fraction of sp³-hybridized carbons (Fsp3) is 0.167. The zero-order valence-corrected chi connectivity index (χ0v) is 17.4. The molecular weight excluding hydrogens is 392 g/mol. The summed E-state index contributed by atoms with van der Waals surface area (Å²) in [5.74, 6) is 1.45. The number of nitrogens with one attached hydrogen (secondary N) is 3. The number of amides is 1. The molecule has 3 N–H and O–H groups in total. The predicted octanol–water partition coefficient (Wildman–Crippen LogP) is 3.96. The number of aliphatic imine (C=N–C) groups is 1. The van der Waals surface area contributed by atoms with Gasteiger partial charge in [0.2, 0.25) is 0 Å². The molecule has 1 amide bonds. The lowest BCUT2D eigenvalue weighted by atomic mass is 10.2. The van der Waals surface area contributed by atoms with E-state index in [1.807, 2.05) is 48.5 Å². The first kappa shape index (κ1) is 21.7. The van der Waals surface area contributed by atoms with Crippen molar-refractivity contribution in [2.45, 2.75) is 13.1 Å². The Labute approximate surface area is 181 Å². The number of carbonyl (C=O) groups is 1. The molecule has 3 rings (SSSR count). The van der Waals surface area contributed by atoms with E-state index in [2.05, 4.69) is 27.5 Å². The summed E-state index contributed by atoms with van der Waals surface area (Å²) in [6.07, 6.45) is 3.19. The summed E-state index contributed by atoms with van der Waals surface area (Å²) in [5, 5.41) is 9.40. The molecule has 0 aliphatic carbocycles. The average Bonchev–Trinajstić information content (AvgIpc) is 3.34. The largest absolute Gasteiger partial charge is 0.489 e. The van der Waals surface area contributed by atoms with Crippen LogP contribution in [0.25, 0.3) is 0 Å². The first-order valence-corrected chi connectivity index (χ1v) is 9.89. The van der Waals surface area contributed by atoms with E-state index >= 15 is 0 Å². The van der Waals surface area contributed by atoms with E-state index in [0.717, 1.165) is 16.9 Å². The van der Waals surface area contributed by atoms with Gasteiger partial charge in [-0.25, -0.2) is 0 Å². The van der Waals surface area contributed by atoms with Crippen LogP contribution in [-0.2, 0) is 13.1 Å². The Morgan fingerprint density at radius 3 is 2.71 bits per heavy atom. The summed E-state index contributed by atoms with van der Waals surface area (Å²) in [5.41, 5.74) is 2.71. The predicted molar refractivity (Wildman–Crippen MR) is 122 cm³/mol. The van der Waals surface area contributed by atoms with E-state index in [4.69, 9.17) is 9.15 Å². The van der Waals surface area contributed by atoms with Gasteiger partial charge in [0, 0.05) is 31.4 Å². The molecule has 0 fully saturated rings. The summed E-state index contributed by atoms with van der Waals surface area (Å²) in [7, 11) is 1.72. The molecule has 0 atom stereocenters. The molecule has 7 heteroatoms. The van der Waals surface area contributed by atoms with Crippen LogP contribution in [0, 0.1) is 0 Å². The van der Waals surface area contributed by atoms with E-state index < -0.39 is 0 Å². The van der Waals surface area contributed by atoms with E-state index in [1.165, 1.54) is 6.26 Å². The van der Waals surface area contributed by atoms with Gasteiger partial charge in [-0.2, -0.15) is 0 Å². The Bertz CT molecular complexity index is 1030. The summed E-state index contributed by atoms with van der Waals surface area (Å²) in [4.78, 5) is 16.4. The minimum atomic E-state index is -0.287. The van der Waals surface area contributed by atoms with Crippen molar-refractivity contribution in [3.05, 3.63) is 96.5 Å². The van der Waals surface area contributed by atoms with E-state index in [1.54, 1.807) is 25.3 Å². The summed E-state index contributed by atoms with van der Waals surface area (Å²) >= 11 is 0. The van der Waals surface area contributed by atoms with Gasteiger partial charge >= 0.3 is 0 Å². The van der Waals surface area contributed by atoms with Crippen LogP contribution in [0.3, 0.4) is 0 Å². The van der Waals surface area contributed by atoms with Crippen LogP contribution in [0.1, 0.15) is 21.7 Å². The maximum atomic E-state index is 12.1. The highest BCUT2D eigenvalue weighted by Gasteiger charge is 2.09.